The van der Waals surface area contributed by atoms with E-state index < -0.39 is 0 Å². The summed E-state index contributed by atoms with van der Waals surface area (Å²) in [6, 6.07) is 3.63. The summed E-state index contributed by atoms with van der Waals surface area (Å²) >= 11 is 6.03. The predicted octanol–water partition coefficient (Wildman–Crippen LogP) is 2.43. The fourth-order valence-electron chi connectivity index (χ4n) is 1.43. The molecular formula is C11H12ClNO3. The summed E-state index contributed by atoms with van der Waals surface area (Å²) < 4.78 is 15.5. The van der Waals surface area contributed by atoms with Crippen molar-refractivity contribution in [2.45, 2.75) is 6.42 Å². The van der Waals surface area contributed by atoms with Gasteiger partial charge in [-0.3, -0.25) is 0 Å². The predicted molar refractivity (Wildman–Crippen MR) is 60.4 cm³/mol. The van der Waals surface area contributed by atoms with Crippen molar-refractivity contribution in [1.82, 2.24) is 0 Å². The normalized spacial score (nSPS) is 9.44. The maximum absolute atomic E-state index is 8.72. The molecule has 0 aromatic heterocycles. The minimum atomic E-state index is 0.155. The Morgan fingerprint density at radius 1 is 1.19 bits per heavy atom. The van der Waals surface area contributed by atoms with Crippen LogP contribution in [0.5, 0.6) is 17.2 Å². The van der Waals surface area contributed by atoms with Crippen molar-refractivity contribution in [3.05, 3.63) is 16.7 Å². The average Bonchev–Trinajstić information content (AvgIpc) is 2.30. The number of ether oxygens (including phenoxy) is 3. The molecule has 0 saturated heterocycles. The molecule has 0 bridgehead atoms. The Morgan fingerprint density at radius 2 is 1.81 bits per heavy atom. The summed E-state index contributed by atoms with van der Waals surface area (Å²) in [6.45, 7) is 0. The van der Waals surface area contributed by atoms with Crippen LogP contribution in [0, 0.1) is 11.3 Å². The third-order valence-corrected chi connectivity index (χ3v) is 2.47. The van der Waals surface area contributed by atoms with Gasteiger partial charge in [0, 0.05) is 11.6 Å². The molecule has 0 aliphatic rings. The zero-order chi connectivity index (χ0) is 12.1. The van der Waals surface area contributed by atoms with Gasteiger partial charge >= 0.3 is 0 Å². The van der Waals surface area contributed by atoms with Gasteiger partial charge in [0.05, 0.1) is 38.8 Å². The maximum Gasteiger partial charge on any atom is 0.203 e. The summed E-state index contributed by atoms with van der Waals surface area (Å²) in [5, 5.41) is 9.14. The topological polar surface area (TPSA) is 51.5 Å². The van der Waals surface area contributed by atoms with Crippen molar-refractivity contribution in [1.29, 1.82) is 5.26 Å². The number of benzene rings is 1. The van der Waals surface area contributed by atoms with Crippen LogP contribution >= 0.6 is 11.6 Å². The van der Waals surface area contributed by atoms with Gasteiger partial charge in [-0.05, 0) is 0 Å². The number of hydrogen-bond donors (Lipinski definition) is 0. The molecule has 1 rings (SSSR count). The molecule has 0 saturated carbocycles. The molecular weight excluding hydrogens is 230 g/mol. The molecule has 0 fully saturated rings. The molecule has 16 heavy (non-hydrogen) atoms. The molecule has 0 radical (unpaired) electrons. The van der Waals surface area contributed by atoms with E-state index in [0.717, 1.165) is 0 Å². The monoisotopic (exact) mass is 241 g/mol. The Kier molecular flexibility index (Phi) is 4.27. The van der Waals surface area contributed by atoms with Gasteiger partial charge < -0.3 is 14.2 Å². The van der Waals surface area contributed by atoms with Crippen molar-refractivity contribution in [2.75, 3.05) is 21.3 Å². The van der Waals surface area contributed by atoms with Crippen LogP contribution in [0.25, 0.3) is 0 Å². The van der Waals surface area contributed by atoms with Gasteiger partial charge in [-0.15, -0.1) is 0 Å². The highest BCUT2D eigenvalue weighted by atomic mass is 35.5. The third-order valence-electron chi connectivity index (χ3n) is 2.13. The highest BCUT2D eigenvalue weighted by Crippen LogP contribution is 2.43. The van der Waals surface area contributed by atoms with Crippen molar-refractivity contribution >= 4 is 11.6 Å². The Hall–Kier alpha value is -1.60. The first-order valence-electron chi connectivity index (χ1n) is 4.53. The molecule has 0 N–H and O–H groups in total. The summed E-state index contributed by atoms with van der Waals surface area (Å²) in [5.41, 5.74) is 0.601. The smallest absolute Gasteiger partial charge is 0.203 e. The van der Waals surface area contributed by atoms with Gasteiger partial charge in [0.15, 0.2) is 11.5 Å². The SMILES string of the molecule is COc1cc(Cl)c(CC#N)c(OC)c1OC. The molecule has 0 amide bonds. The molecule has 0 heterocycles. The van der Waals surface area contributed by atoms with Crippen LogP contribution in [0.2, 0.25) is 5.02 Å². The maximum atomic E-state index is 8.72. The highest BCUT2D eigenvalue weighted by Gasteiger charge is 2.19. The third kappa shape index (κ3) is 2.15. The molecule has 0 atom stereocenters. The van der Waals surface area contributed by atoms with Crippen LogP contribution < -0.4 is 14.2 Å². The number of methoxy groups -OCH3 is 3. The van der Waals surface area contributed by atoms with E-state index >= 15 is 0 Å². The van der Waals surface area contributed by atoms with Gasteiger partial charge in [-0.1, -0.05) is 11.6 Å². The first-order valence-corrected chi connectivity index (χ1v) is 4.91. The lowest BCUT2D eigenvalue weighted by atomic mass is 10.1. The van der Waals surface area contributed by atoms with Gasteiger partial charge in [-0.2, -0.15) is 5.26 Å². The minimum absolute atomic E-state index is 0.155. The van der Waals surface area contributed by atoms with E-state index in [1.165, 1.54) is 21.3 Å². The van der Waals surface area contributed by atoms with E-state index in [2.05, 4.69) is 0 Å². The number of rotatable bonds is 4. The summed E-state index contributed by atoms with van der Waals surface area (Å²) in [6.07, 6.45) is 0.155. The second kappa shape index (κ2) is 5.47. The molecule has 0 spiro atoms. The summed E-state index contributed by atoms with van der Waals surface area (Å²) in [7, 11) is 4.51. The fourth-order valence-corrected chi connectivity index (χ4v) is 1.68. The first-order chi connectivity index (χ1) is 7.69. The van der Waals surface area contributed by atoms with Crippen molar-refractivity contribution in [3.63, 3.8) is 0 Å². The van der Waals surface area contributed by atoms with Crippen molar-refractivity contribution < 1.29 is 14.2 Å². The van der Waals surface area contributed by atoms with Crippen molar-refractivity contribution in [2.24, 2.45) is 0 Å². The summed E-state index contributed by atoms with van der Waals surface area (Å²) in [4.78, 5) is 0. The lowest BCUT2D eigenvalue weighted by molar-refractivity contribution is 0.322. The number of halogens is 1. The number of hydrogen-bond acceptors (Lipinski definition) is 4. The number of nitriles is 1. The quantitative estimate of drug-likeness (QED) is 0.812. The van der Waals surface area contributed by atoms with Gasteiger partial charge in [0.2, 0.25) is 5.75 Å². The minimum Gasteiger partial charge on any atom is -0.493 e. The Labute approximate surface area is 99.3 Å². The van der Waals surface area contributed by atoms with Crippen LogP contribution in [0.1, 0.15) is 5.56 Å². The van der Waals surface area contributed by atoms with Crippen LogP contribution in [0.15, 0.2) is 6.07 Å². The highest BCUT2D eigenvalue weighted by molar-refractivity contribution is 6.31. The van der Waals surface area contributed by atoms with Gasteiger partial charge in [0.1, 0.15) is 0 Å². The molecule has 4 nitrogen and oxygen atoms in total. The molecule has 0 aliphatic heterocycles. The molecule has 1 aromatic rings. The summed E-state index contributed by atoms with van der Waals surface area (Å²) in [5.74, 6) is 1.36. The average molecular weight is 242 g/mol. The fraction of sp³-hybridized carbons (Fsp3) is 0.364. The van der Waals surface area contributed by atoms with E-state index in [0.29, 0.717) is 27.8 Å². The van der Waals surface area contributed by atoms with E-state index in [1.54, 1.807) is 6.07 Å². The van der Waals surface area contributed by atoms with Crippen LogP contribution in [0.4, 0.5) is 0 Å². The second-order valence-electron chi connectivity index (χ2n) is 2.94. The van der Waals surface area contributed by atoms with Gasteiger partial charge in [-0.25, -0.2) is 0 Å². The van der Waals surface area contributed by atoms with E-state index in [4.69, 9.17) is 31.1 Å². The first kappa shape index (κ1) is 12.5. The molecule has 86 valence electrons. The van der Waals surface area contributed by atoms with E-state index in [1.807, 2.05) is 6.07 Å². The zero-order valence-corrected chi connectivity index (χ0v) is 10.1. The molecule has 5 heteroatoms. The van der Waals surface area contributed by atoms with E-state index in [9.17, 15) is 0 Å². The number of nitrogens with zero attached hydrogens (tertiary/aromatic N) is 1. The van der Waals surface area contributed by atoms with Gasteiger partial charge in [0.25, 0.3) is 0 Å². The Balaban J connectivity index is 3.46. The lowest BCUT2D eigenvalue weighted by Gasteiger charge is -2.15. The molecule has 0 aliphatic carbocycles. The molecule has 0 unspecified atom stereocenters. The zero-order valence-electron chi connectivity index (χ0n) is 9.33. The second-order valence-corrected chi connectivity index (χ2v) is 3.35. The van der Waals surface area contributed by atoms with Crippen LogP contribution in [-0.2, 0) is 6.42 Å². The standard InChI is InChI=1S/C11H12ClNO3/c1-14-9-6-8(12)7(4-5-13)10(15-2)11(9)16-3/h6H,4H2,1-3H3. The van der Waals surface area contributed by atoms with Crippen LogP contribution in [0.3, 0.4) is 0 Å². The van der Waals surface area contributed by atoms with Crippen LogP contribution in [-0.4, -0.2) is 21.3 Å². The van der Waals surface area contributed by atoms with E-state index in [-0.39, 0.29) is 6.42 Å². The van der Waals surface area contributed by atoms with Crippen molar-refractivity contribution in [3.8, 4) is 23.3 Å². The Morgan fingerprint density at radius 3 is 2.25 bits per heavy atom. The Bertz CT molecular complexity index is 426. The molecule has 1 aromatic carbocycles. The largest absolute Gasteiger partial charge is 0.493 e. The lowest BCUT2D eigenvalue weighted by Crippen LogP contribution is -1.99.